The molecule has 0 spiro atoms. The number of amides is 1. The maximum absolute atomic E-state index is 12.3. The van der Waals surface area contributed by atoms with Gasteiger partial charge < -0.3 is 14.8 Å². The van der Waals surface area contributed by atoms with E-state index in [2.05, 4.69) is 26.1 Å². The molecule has 132 valence electrons. The van der Waals surface area contributed by atoms with Crippen LogP contribution in [0.5, 0.6) is 11.5 Å². The van der Waals surface area contributed by atoms with Gasteiger partial charge in [-0.3, -0.25) is 4.79 Å². The Kier molecular flexibility index (Phi) is 5.86. The highest BCUT2D eigenvalue weighted by Crippen LogP contribution is 2.29. The summed E-state index contributed by atoms with van der Waals surface area (Å²) >= 11 is 0. The lowest BCUT2D eigenvalue weighted by Crippen LogP contribution is -2.17. The van der Waals surface area contributed by atoms with Gasteiger partial charge in [-0.1, -0.05) is 39.0 Å². The summed E-state index contributed by atoms with van der Waals surface area (Å²) in [7, 11) is 3.20. The van der Waals surface area contributed by atoms with Crippen molar-refractivity contribution in [2.45, 2.75) is 26.2 Å². The SMILES string of the molecule is COc1ccc(OC)c(/C=C/C(=O)Nc2ccccc2C(C)(C)C)c1. The molecule has 0 heterocycles. The molecule has 2 rings (SSSR count). The fourth-order valence-electron chi connectivity index (χ4n) is 2.56. The van der Waals surface area contributed by atoms with E-state index in [9.17, 15) is 4.79 Å². The number of benzene rings is 2. The Balaban J connectivity index is 2.20. The summed E-state index contributed by atoms with van der Waals surface area (Å²) in [5.74, 6) is 1.19. The number of hydrogen-bond acceptors (Lipinski definition) is 3. The van der Waals surface area contributed by atoms with Crippen LogP contribution in [0.4, 0.5) is 5.69 Å². The highest BCUT2D eigenvalue weighted by molar-refractivity contribution is 6.02. The Morgan fingerprint density at radius 2 is 1.76 bits per heavy atom. The molecule has 1 N–H and O–H groups in total. The lowest BCUT2D eigenvalue weighted by atomic mass is 9.86. The third-order valence-corrected chi connectivity index (χ3v) is 3.84. The van der Waals surface area contributed by atoms with Crippen molar-refractivity contribution < 1.29 is 14.3 Å². The zero-order valence-corrected chi connectivity index (χ0v) is 15.4. The van der Waals surface area contributed by atoms with Gasteiger partial charge in [-0.25, -0.2) is 0 Å². The molecule has 25 heavy (non-hydrogen) atoms. The maximum atomic E-state index is 12.3. The first-order valence-corrected chi connectivity index (χ1v) is 8.15. The molecule has 1 amide bonds. The van der Waals surface area contributed by atoms with E-state index in [-0.39, 0.29) is 11.3 Å². The fourth-order valence-corrected chi connectivity index (χ4v) is 2.56. The molecular formula is C21H25NO3. The monoisotopic (exact) mass is 339 g/mol. The molecule has 0 saturated heterocycles. The van der Waals surface area contributed by atoms with Crippen molar-refractivity contribution in [1.82, 2.24) is 0 Å². The molecule has 0 aliphatic heterocycles. The van der Waals surface area contributed by atoms with Crippen LogP contribution < -0.4 is 14.8 Å². The topological polar surface area (TPSA) is 47.6 Å². The Hall–Kier alpha value is -2.75. The summed E-state index contributed by atoms with van der Waals surface area (Å²) in [6.07, 6.45) is 3.22. The standard InChI is InChI=1S/C21H25NO3/c1-21(2,3)17-8-6-7-9-18(17)22-20(23)13-10-15-14-16(24-4)11-12-19(15)25-5/h6-14H,1-5H3,(H,22,23)/b13-10+. The van der Waals surface area contributed by atoms with Gasteiger partial charge in [0.25, 0.3) is 0 Å². The van der Waals surface area contributed by atoms with Crippen LogP contribution in [0.25, 0.3) is 6.08 Å². The summed E-state index contributed by atoms with van der Waals surface area (Å²) in [4.78, 5) is 12.3. The second-order valence-corrected chi connectivity index (χ2v) is 6.73. The predicted molar refractivity (Wildman–Crippen MR) is 102 cm³/mol. The number of para-hydroxylation sites is 1. The molecule has 0 atom stereocenters. The van der Waals surface area contributed by atoms with E-state index in [0.717, 1.165) is 16.8 Å². The van der Waals surface area contributed by atoms with Crippen LogP contribution in [0.2, 0.25) is 0 Å². The molecule has 0 bridgehead atoms. The van der Waals surface area contributed by atoms with Crippen molar-refractivity contribution in [2.24, 2.45) is 0 Å². The van der Waals surface area contributed by atoms with E-state index >= 15 is 0 Å². The smallest absolute Gasteiger partial charge is 0.248 e. The summed E-state index contributed by atoms with van der Waals surface area (Å²) in [5.41, 5.74) is 2.64. The quantitative estimate of drug-likeness (QED) is 0.806. The molecule has 4 nitrogen and oxygen atoms in total. The van der Waals surface area contributed by atoms with Gasteiger partial charge in [-0.2, -0.15) is 0 Å². The Morgan fingerprint density at radius 1 is 1.04 bits per heavy atom. The van der Waals surface area contributed by atoms with Crippen molar-refractivity contribution >= 4 is 17.7 Å². The molecule has 4 heteroatoms. The van der Waals surface area contributed by atoms with Crippen molar-refractivity contribution in [3.63, 3.8) is 0 Å². The van der Waals surface area contributed by atoms with Crippen molar-refractivity contribution in [1.29, 1.82) is 0 Å². The van der Waals surface area contributed by atoms with Crippen LogP contribution in [0.3, 0.4) is 0 Å². The van der Waals surface area contributed by atoms with E-state index in [0.29, 0.717) is 11.5 Å². The van der Waals surface area contributed by atoms with E-state index in [1.807, 2.05) is 42.5 Å². The number of ether oxygens (including phenoxy) is 2. The van der Waals surface area contributed by atoms with Crippen molar-refractivity contribution in [2.75, 3.05) is 19.5 Å². The van der Waals surface area contributed by atoms with Crippen LogP contribution in [-0.2, 0) is 10.2 Å². The highest BCUT2D eigenvalue weighted by Gasteiger charge is 2.18. The second-order valence-electron chi connectivity index (χ2n) is 6.73. The summed E-state index contributed by atoms with van der Waals surface area (Å²) in [6, 6.07) is 13.3. The molecule has 0 aromatic heterocycles. The Labute approximate surface area is 149 Å². The van der Waals surface area contributed by atoms with Gasteiger partial charge >= 0.3 is 0 Å². The first kappa shape index (κ1) is 18.6. The molecular weight excluding hydrogens is 314 g/mol. The fraction of sp³-hybridized carbons (Fsp3) is 0.286. The van der Waals surface area contributed by atoms with E-state index in [1.54, 1.807) is 20.3 Å². The van der Waals surface area contributed by atoms with Gasteiger partial charge in [-0.05, 0) is 41.3 Å². The average Bonchev–Trinajstić information content (AvgIpc) is 2.59. The number of carbonyl (C=O) groups is 1. The number of nitrogens with one attached hydrogen (secondary N) is 1. The molecule has 0 fully saturated rings. The van der Waals surface area contributed by atoms with Gasteiger partial charge in [0.05, 0.1) is 14.2 Å². The number of methoxy groups -OCH3 is 2. The summed E-state index contributed by atoms with van der Waals surface area (Å²) < 4.78 is 10.5. The molecule has 2 aromatic carbocycles. The number of rotatable bonds is 5. The van der Waals surface area contributed by atoms with Crippen LogP contribution in [-0.4, -0.2) is 20.1 Å². The van der Waals surface area contributed by atoms with Gasteiger partial charge in [0, 0.05) is 17.3 Å². The van der Waals surface area contributed by atoms with Gasteiger partial charge in [-0.15, -0.1) is 0 Å². The number of anilines is 1. The Bertz CT molecular complexity index is 773. The zero-order chi connectivity index (χ0) is 18.4. The van der Waals surface area contributed by atoms with Crippen LogP contribution >= 0.6 is 0 Å². The number of hydrogen-bond donors (Lipinski definition) is 1. The minimum Gasteiger partial charge on any atom is -0.497 e. The first-order valence-electron chi connectivity index (χ1n) is 8.15. The largest absolute Gasteiger partial charge is 0.497 e. The van der Waals surface area contributed by atoms with Gasteiger partial charge in [0.1, 0.15) is 11.5 Å². The second kappa shape index (κ2) is 7.88. The minimum absolute atomic E-state index is 0.0520. The van der Waals surface area contributed by atoms with Gasteiger partial charge in [0.2, 0.25) is 5.91 Å². The lowest BCUT2D eigenvalue weighted by molar-refractivity contribution is -0.111. The van der Waals surface area contributed by atoms with Crippen LogP contribution in [0.1, 0.15) is 31.9 Å². The van der Waals surface area contributed by atoms with Gasteiger partial charge in [0.15, 0.2) is 0 Å². The third-order valence-electron chi connectivity index (χ3n) is 3.84. The van der Waals surface area contributed by atoms with Crippen molar-refractivity contribution in [3.8, 4) is 11.5 Å². The van der Waals surface area contributed by atoms with E-state index in [4.69, 9.17) is 9.47 Å². The Morgan fingerprint density at radius 3 is 2.40 bits per heavy atom. The molecule has 2 aromatic rings. The summed E-state index contributed by atoms with van der Waals surface area (Å²) in [6.45, 7) is 6.36. The van der Waals surface area contributed by atoms with Crippen LogP contribution in [0.15, 0.2) is 48.5 Å². The average molecular weight is 339 g/mol. The maximum Gasteiger partial charge on any atom is 0.248 e. The zero-order valence-electron chi connectivity index (χ0n) is 15.4. The minimum atomic E-state index is -0.193. The van der Waals surface area contributed by atoms with E-state index in [1.165, 1.54) is 6.08 Å². The van der Waals surface area contributed by atoms with Crippen LogP contribution in [0, 0.1) is 0 Å². The highest BCUT2D eigenvalue weighted by atomic mass is 16.5. The predicted octanol–water partition coefficient (Wildman–Crippen LogP) is 4.65. The van der Waals surface area contributed by atoms with E-state index < -0.39 is 0 Å². The molecule has 0 unspecified atom stereocenters. The first-order chi connectivity index (χ1) is 11.8. The molecule has 0 aliphatic carbocycles. The third kappa shape index (κ3) is 4.86. The molecule has 0 radical (unpaired) electrons. The lowest BCUT2D eigenvalue weighted by Gasteiger charge is -2.22. The molecule has 0 aliphatic rings. The number of carbonyl (C=O) groups excluding carboxylic acids is 1. The molecule has 0 saturated carbocycles. The summed E-state index contributed by atoms with van der Waals surface area (Å²) in [5, 5.41) is 2.96. The van der Waals surface area contributed by atoms with Crippen molar-refractivity contribution in [3.05, 3.63) is 59.7 Å². The normalized spacial score (nSPS) is 11.4.